The predicted molar refractivity (Wildman–Crippen MR) is 56.7 cm³/mol. The lowest BCUT2D eigenvalue weighted by atomic mass is 9.99. The summed E-state index contributed by atoms with van der Waals surface area (Å²) in [5, 5.41) is 11.3. The third kappa shape index (κ3) is 2.67. The van der Waals surface area contributed by atoms with Crippen molar-refractivity contribution in [2.75, 3.05) is 5.32 Å². The monoisotopic (exact) mass is 205 g/mol. The van der Waals surface area contributed by atoms with Crippen molar-refractivity contribution >= 4 is 18.1 Å². The Morgan fingerprint density at radius 3 is 2.40 bits per heavy atom. The quantitative estimate of drug-likeness (QED) is 0.567. The maximum atomic E-state index is 10.8. The van der Waals surface area contributed by atoms with Gasteiger partial charge >= 0.3 is 5.97 Å². The molecule has 0 aliphatic heterocycles. The van der Waals surface area contributed by atoms with Crippen LogP contribution in [-0.4, -0.2) is 17.5 Å². The number of hydrogen-bond donors (Lipinski definition) is 2. The molecular formula is C11H11NO3. The van der Waals surface area contributed by atoms with Gasteiger partial charge in [-0.1, -0.05) is 18.2 Å². The van der Waals surface area contributed by atoms with Crippen molar-refractivity contribution in [3.63, 3.8) is 0 Å². The summed E-state index contributed by atoms with van der Waals surface area (Å²) >= 11 is 0. The summed E-state index contributed by atoms with van der Waals surface area (Å²) in [4.78, 5) is 20.9. The number of rotatable bonds is 5. The van der Waals surface area contributed by atoms with Crippen molar-refractivity contribution in [3.8, 4) is 0 Å². The van der Waals surface area contributed by atoms with Crippen LogP contribution in [0.3, 0.4) is 0 Å². The molecule has 1 aromatic carbocycles. The maximum Gasteiger partial charge on any atom is 0.314 e. The van der Waals surface area contributed by atoms with Crippen LogP contribution in [-0.2, 0) is 9.59 Å². The first-order valence-electron chi connectivity index (χ1n) is 4.34. The molecule has 0 heterocycles. The van der Waals surface area contributed by atoms with E-state index < -0.39 is 11.9 Å². The number of hydrogen-bond acceptors (Lipinski definition) is 2. The molecule has 1 rings (SSSR count). The van der Waals surface area contributed by atoms with Gasteiger partial charge in [0.2, 0.25) is 6.41 Å². The molecule has 1 amide bonds. The lowest BCUT2D eigenvalue weighted by molar-refractivity contribution is -0.137. The van der Waals surface area contributed by atoms with Crippen molar-refractivity contribution in [2.24, 2.45) is 0 Å². The molecule has 1 aromatic rings. The molecule has 0 saturated carbocycles. The van der Waals surface area contributed by atoms with Gasteiger partial charge in [0, 0.05) is 5.69 Å². The first-order valence-corrected chi connectivity index (χ1v) is 4.34. The number of carbonyl (C=O) groups is 2. The largest absolute Gasteiger partial charge is 0.481 e. The topological polar surface area (TPSA) is 66.4 Å². The Morgan fingerprint density at radius 2 is 2.00 bits per heavy atom. The summed E-state index contributed by atoms with van der Waals surface area (Å²) in [5.74, 6) is -1.66. The van der Waals surface area contributed by atoms with E-state index in [1.807, 2.05) is 0 Å². The Bertz CT molecular complexity index is 370. The minimum atomic E-state index is -0.943. The summed E-state index contributed by atoms with van der Waals surface area (Å²) in [5.41, 5.74) is 1.26. The van der Waals surface area contributed by atoms with Gasteiger partial charge in [0.25, 0.3) is 0 Å². The van der Waals surface area contributed by atoms with Gasteiger partial charge in [0.15, 0.2) is 0 Å². The minimum Gasteiger partial charge on any atom is -0.481 e. The highest BCUT2D eigenvalue weighted by Crippen LogP contribution is 2.19. The van der Waals surface area contributed by atoms with E-state index in [0.29, 0.717) is 17.7 Å². The fraction of sp³-hybridized carbons (Fsp3) is 0.0909. The van der Waals surface area contributed by atoms with Crippen LogP contribution in [0.1, 0.15) is 11.5 Å². The molecule has 2 N–H and O–H groups in total. The lowest BCUT2D eigenvalue weighted by Gasteiger charge is -2.07. The Balaban J connectivity index is 2.91. The third-order valence-electron chi connectivity index (χ3n) is 2.00. The number of carboxylic acid groups (broad SMARTS) is 1. The standard InChI is InChI=1S/C11H11NO3/c1-2-10(11(14)15)8-3-5-9(6-4-8)12-7-13/h2-7,10H,1H2,(H,12,13)(H,14,15). The van der Waals surface area contributed by atoms with Crippen LogP contribution in [0.2, 0.25) is 0 Å². The molecular weight excluding hydrogens is 194 g/mol. The van der Waals surface area contributed by atoms with Crippen molar-refractivity contribution in [3.05, 3.63) is 42.5 Å². The minimum absolute atomic E-state index is 0.567. The molecule has 0 aromatic heterocycles. The van der Waals surface area contributed by atoms with Crippen LogP contribution in [0.5, 0.6) is 0 Å². The summed E-state index contributed by atoms with van der Waals surface area (Å²) in [6.45, 7) is 3.46. The second-order valence-electron chi connectivity index (χ2n) is 2.94. The Labute approximate surface area is 87.2 Å². The van der Waals surface area contributed by atoms with Crippen LogP contribution in [0.4, 0.5) is 5.69 Å². The van der Waals surface area contributed by atoms with E-state index in [2.05, 4.69) is 11.9 Å². The molecule has 0 fully saturated rings. The molecule has 4 heteroatoms. The molecule has 0 bridgehead atoms. The number of carbonyl (C=O) groups excluding carboxylic acids is 1. The van der Waals surface area contributed by atoms with Gasteiger partial charge in [-0.15, -0.1) is 6.58 Å². The number of carboxylic acids is 1. The number of anilines is 1. The highest BCUT2D eigenvalue weighted by Gasteiger charge is 2.14. The molecule has 0 aliphatic carbocycles. The second kappa shape index (κ2) is 4.95. The van der Waals surface area contributed by atoms with Crippen LogP contribution in [0.15, 0.2) is 36.9 Å². The van der Waals surface area contributed by atoms with Crippen molar-refractivity contribution in [2.45, 2.75) is 5.92 Å². The number of benzene rings is 1. The SMILES string of the molecule is C=CC(C(=O)O)c1ccc(NC=O)cc1. The first kappa shape index (κ1) is 11.0. The maximum absolute atomic E-state index is 10.8. The summed E-state index contributed by atoms with van der Waals surface area (Å²) in [7, 11) is 0. The number of amides is 1. The Morgan fingerprint density at radius 1 is 1.40 bits per heavy atom. The van der Waals surface area contributed by atoms with E-state index >= 15 is 0 Å². The highest BCUT2D eigenvalue weighted by atomic mass is 16.4. The van der Waals surface area contributed by atoms with E-state index in [4.69, 9.17) is 5.11 Å². The number of nitrogens with one attached hydrogen (secondary N) is 1. The Kier molecular flexibility index (Phi) is 3.62. The van der Waals surface area contributed by atoms with Crippen LogP contribution in [0.25, 0.3) is 0 Å². The zero-order valence-electron chi connectivity index (χ0n) is 8.01. The summed E-state index contributed by atoms with van der Waals surface area (Å²) in [6.07, 6.45) is 1.93. The zero-order chi connectivity index (χ0) is 11.3. The van der Waals surface area contributed by atoms with Gasteiger partial charge in [0.1, 0.15) is 0 Å². The van der Waals surface area contributed by atoms with Gasteiger partial charge in [-0.25, -0.2) is 0 Å². The predicted octanol–water partition coefficient (Wildman–Crippen LogP) is 1.61. The average Bonchev–Trinajstić information content (AvgIpc) is 2.21. The normalized spacial score (nSPS) is 11.5. The third-order valence-corrected chi connectivity index (χ3v) is 2.00. The molecule has 0 spiro atoms. The molecule has 0 aliphatic rings. The molecule has 1 unspecified atom stereocenters. The van der Waals surface area contributed by atoms with Crippen molar-refractivity contribution in [1.29, 1.82) is 0 Å². The molecule has 0 radical (unpaired) electrons. The smallest absolute Gasteiger partial charge is 0.314 e. The van der Waals surface area contributed by atoms with E-state index in [-0.39, 0.29) is 0 Å². The molecule has 4 nitrogen and oxygen atoms in total. The lowest BCUT2D eigenvalue weighted by Crippen LogP contribution is -2.08. The second-order valence-corrected chi connectivity index (χ2v) is 2.94. The van der Waals surface area contributed by atoms with E-state index in [9.17, 15) is 9.59 Å². The van der Waals surface area contributed by atoms with Gasteiger partial charge in [-0.3, -0.25) is 9.59 Å². The zero-order valence-corrected chi connectivity index (χ0v) is 8.01. The van der Waals surface area contributed by atoms with Crippen molar-refractivity contribution < 1.29 is 14.7 Å². The van der Waals surface area contributed by atoms with Crippen molar-refractivity contribution in [1.82, 2.24) is 0 Å². The van der Waals surface area contributed by atoms with Crippen LogP contribution < -0.4 is 5.32 Å². The van der Waals surface area contributed by atoms with E-state index in [1.54, 1.807) is 24.3 Å². The molecule has 78 valence electrons. The fourth-order valence-electron chi connectivity index (χ4n) is 1.23. The van der Waals surface area contributed by atoms with E-state index in [1.165, 1.54) is 6.08 Å². The average molecular weight is 205 g/mol. The van der Waals surface area contributed by atoms with Crippen LogP contribution in [0, 0.1) is 0 Å². The summed E-state index contributed by atoms with van der Waals surface area (Å²) in [6, 6.07) is 6.57. The Hall–Kier alpha value is -2.10. The van der Waals surface area contributed by atoms with Gasteiger partial charge in [-0.2, -0.15) is 0 Å². The van der Waals surface area contributed by atoms with Gasteiger partial charge < -0.3 is 10.4 Å². The highest BCUT2D eigenvalue weighted by molar-refractivity contribution is 5.79. The number of aliphatic carboxylic acids is 1. The molecule has 15 heavy (non-hydrogen) atoms. The van der Waals surface area contributed by atoms with E-state index in [0.717, 1.165) is 0 Å². The van der Waals surface area contributed by atoms with Crippen LogP contribution >= 0.6 is 0 Å². The van der Waals surface area contributed by atoms with Gasteiger partial charge in [-0.05, 0) is 17.7 Å². The molecule has 1 atom stereocenters. The molecule has 0 saturated heterocycles. The van der Waals surface area contributed by atoms with Gasteiger partial charge in [0.05, 0.1) is 5.92 Å². The fourth-order valence-corrected chi connectivity index (χ4v) is 1.23. The first-order chi connectivity index (χ1) is 7.19. The summed E-state index contributed by atoms with van der Waals surface area (Å²) < 4.78 is 0.